The van der Waals surface area contributed by atoms with E-state index in [0.717, 1.165) is 51.4 Å². The molecule has 0 heterocycles. The van der Waals surface area contributed by atoms with Crippen LogP contribution in [0.4, 0.5) is 65.9 Å². The Balaban J connectivity index is 0. The van der Waals surface area contributed by atoms with Crippen LogP contribution in [0.15, 0.2) is 0 Å². The van der Waals surface area contributed by atoms with Crippen LogP contribution < -0.4 is 0 Å². The lowest BCUT2D eigenvalue weighted by atomic mass is 9.91. The number of unbranched alkanes of at least 4 members (excludes halogenated alkanes) is 10. The summed E-state index contributed by atoms with van der Waals surface area (Å²) in [7, 11) is 0. The van der Waals surface area contributed by atoms with E-state index in [1.54, 1.807) is 0 Å². The SMILES string of the molecule is CC.CCCCCCCCCCCCCC(=O)OCC(F)(F)C(F)(F)C(F)(F)C(F)(F)C(F)(F)C(F)(F)C(F)(F)F. The molecule has 0 N–H and O–H groups in total. The molecule has 0 saturated carbocycles. The highest BCUT2D eigenvalue weighted by molar-refractivity contribution is 5.69. The van der Waals surface area contributed by atoms with Gasteiger partial charge in [0.1, 0.15) is 0 Å². The number of hydrogen-bond acceptors (Lipinski definition) is 2. The Hall–Kier alpha value is -1.58. The summed E-state index contributed by atoms with van der Waals surface area (Å²) in [6.07, 6.45) is 0.527. The molecule has 0 aromatic heterocycles. The van der Waals surface area contributed by atoms with Crippen LogP contribution in [0.5, 0.6) is 0 Å². The molecule has 17 heteroatoms. The molecule has 0 fully saturated rings. The first-order valence-electron chi connectivity index (χ1n) is 12.9. The average Bonchev–Trinajstić information content (AvgIpc) is 2.86. The van der Waals surface area contributed by atoms with Gasteiger partial charge in [-0.25, -0.2) is 0 Å². The smallest absolute Gasteiger partial charge is 0.459 e. The predicted molar refractivity (Wildman–Crippen MR) is 119 cm³/mol. The van der Waals surface area contributed by atoms with E-state index in [0.29, 0.717) is 12.8 Å². The van der Waals surface area contributed by atoms with E-state index in [1.807, 2.05) is 13.8 Å². The molecule has 0 unspecified atom stereocenters. The Labute approximate surface area is 228 Å². The van der Waals surface area contributed by atoms with Crippen molar-refractivity contribution in [2.24, 2.45) is 0 Å². The van der Waals surface area contributed by atoms with E-state index in [1.165, 1.54) is 0 Å². The molecule has 0 aliphatic rings. The van der Waals surface area contributed by atoms with E-state index in [2.05, 4.69) is 11.7 Å². The third kappa shape index (κ3) is 9.99. The molecule has 0 amide bonds. The lowest BCUT2D eigenvalue weighted by molar-refractivity contribution is -0.453. The van der Waals surface area contributed by atoms with Crippen LogP contribution in [0.2, 0.25) is 0 Å². The molecule has 0 radical (unpaired) electrons. The fourth-order valence-corrected chi connectivity index (χ4v) is 3.27. The second-order valence-corrected chi connectivity index (χ2v) is 9.02. The van der Waals surface area contributed by atoms with Crippen LogP contribution >= 0.6 is 0 Å². The summed E-state index contributed by atoms with van der Waals surface area (Å²) >= 11 is 0. The van der Waals surface area contributed by atoms with Crippen molar-refractivity contribution in [3.05, 3.63) is 0 Å². The summed E-state index contributed by atoms with van der Waals surface area (Å²) in [6.45, 7) is 2.99. The number of hydrogen-bond donors (Lipinski definition) is 0. The molecule has 0 aromatic rings. The average molecular weight is 641 g/mol. The number of ether oxygens (including phenoxy) is 1. The summed E-state index contributed by atoms with van der Waals surface area (Å²) in [5, 5.41) is 0. The van der Waals surface area contributed by atoms with Crippen molar-refractivity contribution >= 4 is 5.97 Å². The Morgan fingerprint density at radius 1 is 0.488 bits per heavy atom. The van der Waals surface area contributed by atoms with Crippen molar-refractivity contribution in [1.29, 1.82) is 0 Å². The first-order valence-corrected chi connectivity index (χ1v) is 12.9. The molecule has 248 valence electrons. The van der Waals surface area contributed by atoms with E-state index >= 15 is 0 Å². The highest BCUT2D eigenvalue weighted by Crippen LogP contribution is 2.62. The summed E-state index contributed by atoms with van der Waals surface area (Å²) in [4.78, 5) is 11.4. The maximum Gasteiger partial charge on any atom is 0.460 e. The molecule has 2 nitrogen and oxygen atoms in total. The topological polar surface area (TPSA) is 26.3 Å². The van der Waals surface area contributed by atoms with E-state index < -0.39 is 60.7 Å². The zero-order valence-electron chi connectivity index (χ0n) is 22.7. The fraction of sp³-hybridized carbons (Fsp3) is 0.958. The van der Waals surface area contributed by atoms with Crippen LogP contribution in [0.1, 0.15) is 97.8 Å². The van der Waals surface area contributed by atoms with E-state index in [-0.39, 0.29) is 6.42 Å². The molecular weight excluding hydrogens is 605 g/mol. The van der Waals surface area contributed by atoms with Gasteiger partial charge in [-0.05, 0) is 6.42 Å². The van der Waals surface area contributed by atoms with Gasteiger partial charge in [0.2, 0.25) is 0 Å². The van der Waals surface area contributed by atoms with Gasteiger partial charge in [0.05, 0.1) is 0 Å². The van der Waals surface area contributed by atoms with Gasteiger partial charge in [0.25, 0.3) is 0 Å². The lowest BCUT2D eigenvalue weighted by Crippen LogP contribution is -2.73. The maximum absolute atomic E-state index is 13.7. The van der Waals surface area contributed by atoms with Crippen molar-refractivity contribution in [1.82, 2.24) is 0 Å². The Morgan fingerprint density at radius 2 is 0.805 bits per heavy atom. The monoisotopic (exact) mass is 640 g/mol. The minimum atomic E-state index is -8.36. The van der Waals surface area contributed by atoms with Gasteiger partial charge in [-0.15, -0.1) is 0 Å². The second kappa shape index (κ2) is 16.3. The van der Waals surface area contributed by atoms with Crippen LogP contribution in [-0.4, -0.2) is 54.3 Å². The molecular formula is C24H35F15O2. The van der Waals surface area contributed by atoms with Crippen molar-refractivity contribution in [2.75, 3.05) is 6.61 Å². The summed E-state index contributed by atoms with van der Waals surface area (Å²) in [6, 6.07) is 0. The van der Waals surface area contributed by atoms with Crippen LogP contribution in [0, 0.1) is 0 Å². The number of carbonyl (C=O) groups excluding carboxylic acids is 1. The lowest BCUT2D eigenvalue weighted by Gasteiger charge is -2.41. The molecule has 0 aromatic carbocycles. The first-order chi connectivity index (χ1) is 18.5. The minimum absolute atomic E-state index is 0.0374. The molecule has 0 aliphatic carbocycles. The maximum atomic E-state index is 13.7. The van der Waals surface area contributed by atoms with Crippen molar-refractivity contribution in [2.45, 2.75) is 140 Å². The molecule has 0 spiro atoms. The van der Waals surface area contributed by atoms with E-state index in [4.69, 9.17) is 0 Å². The zero-order valence-corrected chi connectivity index (χ0v) is 22.7. The van der Waals surface area contributed by atoms with Gasteiger partial charge >= 0.3 is 47.7 Å². The van der Waals surface area contributed by atoms with Crippen molar-refractivity contribution < 1.29 is 75.4 Å². The van der Waals surface area contributed by atoms with Gasteiger partial charge in [-0.3, -0.25) is 4.79 Å². The predicted octanol–water partition coefficient (Wildman–Crippen LogP) is 10.6. The molecule has 41 heavy (non-hydrogen) atoms. The quantitative estimate of drug-likeness (QED) is 0.0798. The summed E-state index contributed by atoms with van der Waals surface area (Å²) in [5.74, 6) is -48.8. The zero-order chi connectivity index (χ0) is 33.0. The largest absolute Gasteiger partial charge is 0.460 e. The van der Waals surface area contributed by atoms with Crippen LogP contribution in [-0.2, 0) is 9.53 Å². The number of esters is 1. The van der Waals surface area contributed by atoms with Crippen LogP contribution in [0.25, 0.3) is 0 Å². The van der Waals surface area contributed by atoms with Gasteiger partial charge < -0.3 is 4.74 Å². The Kier molecular flexibility index (Phi) is 16.5. The van der Waals surface area contributed by atoms with Crippen molar-refractivity contribution in [3.8, 4) is 0 Å². The third-order valence-corrected chi connectivity index (χ3v) is 5.79. The molecule has 0 atom stereocenters. The van der Waals surface area contributed by atoms with Gasteiger partial charge in [0, 0.05) is 6.42 Å². The van der Waals surface area contributed by atoms with Gasteiger partial charge in [-0.2, -0.15) is 65.9 Å². The normalized spacial score (nSPS) is 14.0. The number of alkyl halides is 15. The molecule has 0 bridgehead atoms. The second-order valence-electron chi connectivity index (χ2n) is 9.02. The fourth-order valence-electron chi connectivity index (χ4n) is 3.27. The van der Waals surface area contributed by atoms with Crippen molar-refractivity contribution in [3.63, 3.8) is 0 Å². The van der Waals surface area contributed by atoms with Crippen LogP contribution in [0.3, 0.4) is 0 Å². The molecule has 0 saturated heterocycles. The Morgan fingerprint density at radius 3 is 1.17 bits per heavy atom. The van der Waals surface area contributed by atoms with Gasteiger partial charge in [-0.1, -0.05) is 85.0 Å². The number of halogens is 15. The summed E-state index contributed by atoms with van der Waals surface area (Å²) in [5.41, 5.74) is 0. The standard InChI is InChI=1S/C22H29F15O2.C2H6/c1-2-3-4-5-6-7-8-9-10-11-12-13-15(38)39-14-16(23,24)17(25,26)18(27,28)19(29,30)20(31,32)21(33,34)22(35,36)37;1-2/h2-14H2,1H3;1-2H3. The van der Waals surface area contributed by atoms with Gasteiger partial charge in [0.15, 0.2) is 6.61 Å². The highest BCUT2D eigenvalue weighted by Gasteiger charge is 2.93. The number of carbonyl (C=O) groups is 1. The third-order valence-electron chi connectivity index (χ3n) is 5.79. The highest BCUT2D eigenvalue weighted by atomic mass is 19.4. The Bertz CT molecular complexity index is 750. The molecule has 0 rings (SSSR count). The summed E-state index contributed by atoms with van der Waals surface area (Å²) < 4.78 is 200. The number of rotatable bonds is 19. The first kappa shape index (κ1) is 41.6. The van der Waals surface area contributed by atoms with E-state index in [9.17, 15) is 70.7 Å². The minimum Gasteiger partial charge on any atom is -0.459 e. The molecule has 0 aliphatic heterocycles.